The molecule has 0 saturated heterocycles. The number of aromatic nitrogens is 1. The molecule has 0 bridgehead atoms. The van der Waals surface area contributed by atoms with Crippen molar-refractivity contribution >= 4 is 49.3 Å². The van der Waals surface area contributed by atoms with Gasteiger partial charge in [0.15, 0.2) is 28.0 Å². The van der Waals surface area contributed by atoms with Crippen molar-refractivity contribution in [2.75, 3.05) is 19.1 Å². The molecule has 0 fully saturated rings. The highest BCUT2D eigenvalue weighted by Gasteiger charge is 2.46. The van der Waals surface area contributed by atoms with Gasteiger partial charge in [0, 0.05) is 5.39 Å². The van der Waals surface area contributed by atoms with Gasteiger partial charge in [0.1, 0.15) is 5.75 Å². The van der Waals surface area contributed by atoms with Gasteiger partial charge in [-0.15, -0.1) is 0 Å². The number of aliphatic hydroxyl groups is 1. The summed E-state index contributed by atoms with van der Waals surface area (Å²) in [4.78, 5) is 33.8. The fraction of sp³-hybridized carbons (Fsp3) is 0.219. The minimum Gasteiger partial charge on any atom is -0.503 e. The molecule has 41 heavy (non-hydrogen) atoms. The number of furan rings is 1. The molecule has 2 aromatic heterocycles. The Kier molecular flexibility index (Phi) is 6.34. The first-order valence-electron chi connectivity index (χ1n) is 13.0. The Bertz CT molecular complexity index is 1860. The van der Waals surface area contributed by atoms with E-state index in [4.69, 9.17) is 18.9 Å². The van der Waals surface area contributed by atoms with Gasteiger partial charge in [0.25, 0.3) is 5.91 Å². The highest BCUT2D eigenvalue weighted by Crippen LogP contribution is 2.45. The summed E-state index contributed by atoms with van der Waals surface area (Å²) in [5.41, 5.74) is 2.65. The van der Waals surface area contributed by atoms with Crippen molar-refractivity contribution in [2.45, 2.75) is 32.2 Å². The van der Waals surface area contributed by atoms with Crippen LogP contribution in [0.25, 0.3) is 21.2 Å². The van der Waals surface area contributed by atoms with Gasteiger partial charge in [-0.3, -0.25) is 14.5 Å². The van der Waals surface area contributed by atoms with Gasteiger partial charge in [0.05, 0.1) is 36.1 Å². The van der Waals surface area contributed by atoms with Crippen molar-refractivity contribution in [2.24, 2.45) is 0 Å². The number of aliphatic hydroxyl groups excluding tert-OH is 1. The highest BCUT2D eigenvalue weighted by molar-refractivity contribution is 7.22. The summed E-state index contributed by atoms with van der Waals surface area (Å²) in [6, 6.07) is 19.2. The zero-order chi connectivity index (χ0) is 29.1. The van der Waals surface area contributed by atoms with E-state index in [9.17, 15) is 14.7 Å². The Morgan fingerprint density at radius 2 is 1.78 bits per heavy atom. The molecule has 1 aliphatic rings. The maximum absolute atomic E-state index is 14.0. The van der Waals surface area contributed by atoms with Crippen LogP contribution in [-0.4, -0.2) is 36.0 Å². The number of hydrogen-bond acceptors (Lipinski definition) is 8. The van der Waals surface area contributed by atoms with Gasteiger partial charge < -0.3 is 19.0 Å². The number of nitrogens with zero attached hydrogens (tertiary/aromatic N) is 2. The van der Waals surface area contributed by atoms with E-state index >= 15 is 0 Å². The lowest BCUT2D eigenvalue weighted by molar-refractivity contribution is -0.117. The van der Waals surface area contributed by atoms with Crippen molar-refractivity contribution in [3.05, 3.63) is 94.9 Å². The molecule has 6 rings (SSSR count). The molecule has 0 aliphatic carbocycles. The smallest absolute Gasteiger partial charge is 0.296 e. The van der Waals surface area contributed by atoms with E-state index in [1.54, 1.807) is 37.4 Å². The van der Waals surface area contributed by atoms with Crippen molar-refractivity contribution < 1.29 is 28.6 Å². The van der Waals surface area contributed by atoms with E-state index in [0.29, 0.717) is 38.7 Å². The van der Waals surface area contributed by atoms with Crippen LogP contribution in [0.3, 0.4) is 0 Å². The molecule has 1 aliphatic heterocycles. The first kappa shape index (κ1) is 26.6. The fourth-order valence-electron chi connectivity index (χ4n) is 5.08. The Labute approximate surface area is 240 Å². The Morgan fingerprint density at radius 1 is 1.02 bits per heavy atom. The molecule has 3 aromatic carbocycles. The van der Waals surface area contributed by atoms with Crippen LogP contribution < -0.4 is 14.4 Å². The molecule has 1 N–H and O–H groups in total. The normalized spacial score (nSPS) is 15.8. The topological polar surface area (TPSA) is 102 Å². The standard InChI is InChI=1S/C32H28N2O6S/c1-32(2,3)19-11-9-17(10-12-19)26-25(27(35)23-15-18-7-6-8-22(39-5)29(18)40-23)28(36)30(37)34(26)31-33-21-14-13-20(38-4)16-24(21)41-31/h6-16,26,36H,1-5H3. The first-order valence-corrected chi connectivity index (χ1v) is 13.9. The number of fused-ring (bicyclic) bond motifs is 2. The number of benzene rings is 3. The molecule has 0 saturated carbocycles. The number of ketones is 1. The third-order valence-electron chi connectivity index (χ3n) is 7.29. The lowest BCUT2D eigenvalue weighted by Gasteiger charge is -2.25. The number of Topliss-reactive ketones (excluding diaryl/α,β-unsaturated/α-hetero) is 1. The molecule has 0 radical (unpaired) electrons. The number of amides is 1. The monoisotopic (exact) mass is 568 g/mol. The Hall–Kier alpha value is -4.63. The number of anilines is 1. The molecule has 208 valence electrons. The molecular formula is C32H28N2O6S. The highest BCUT2D eigenvalue weighted by atomic mass is 32.1. The van der Waals surface area contributed by atoms with Gasteiger partial charge in [-0.2, -0.15) is 0 Å². The first-order chi connectivity index (χ1) is 19.6. The van der Waals surface area contributed by atoms with Gasteiger partial charge in [-0.05, 0) is 46.9 Å². The average Bonchev–Trinajstić information content (AvgIpc) is 3.65. The van der Waals surface area contributed by atoms with E-state index < -0.39 is 23.5 Å². The number of thiazole rings is 1. The van der Waals surface area contributed by atoms with Crippen LogP contribution in [0.5, 0.6) is 11.5 Å². The van der Waals surface area contributed by atoms with E-state index in [1.165, 1.54) is 23.3 Å². The summed E-state index contributed by atoms with van der Waals surface area (Å²) >= 11 is 1.28. The maximum Gasteiger partial charge on any atom is 0.296 e. The number of carbonyl (C=O) groups excluding carboxylic acids is 2. The Balaban J connectivity index is 1.50. The average molecular weight is 569 g/mol. The number of rotatable bonds is 6. The molecule has 1 amide bonds. The van der Waals surface area contributed by atoms with E-state index in [-0.39, 0.29) is 16.7 Å². The minimum atomic E-state index is -0.929. The van der Waals surface area contributed by atoms with Crippen LogP contribution in [0.15, 0.2) is 82.5 Å². The summed E-state index contributed by atoms with van der Waals surface area (Å²) in [5, 5.41) is 12.2. The third-order valence-corrected chi connectivity index (χ3v) is 8.30. The number of carbonyl (C=O) groups is 2. The van der Waals surface area contributed by atoms with Gasteiger partial charge >= 0.3 is 0 Å². The largest absolute Gasteiger partial charge is 0.503 e. The quantitative estimate of drug-likeness (QED) is 0.217. The van der Waals surface area contributed by atoms with Crippen LogP contribution >= 0.6 is 11.3 Å². The van der Waals surface area contributed by atoms with E-state index in [1.807, 2.05) is 36.4 Å². The summed E-state index contributed by atoms with van der Waals surface area (Å²) in [7, 11) is 3.10. The number of methoxy groups -OCH3 is 2. The molecule has 8 nitrogen and oxygen atoms in total. The lowest BCUT2D eigenvalue weighted by Crippen LogP contribution is -2.31. The fourth-order valence-corrected chi connectivity index (χ4v) is 6.10. The van der Waals surface area contributed by atoms with Gasteiger partial charge in [-0.25, -0.2) is 4.98 Å². The summed E-state index contributed by atoms with van der Waals surface area (Å²) in [5.74, 6) is -0.813. The second kappa shape index (κ2) is 9.78. The Morgan fingerprint density at radius 3 is 2.46 bits per heavy atom. The van der Waals surface area contributed by atoms with Crippen molar-refractivity contribution in [3.8, 4) is 11.5 Å². The van der Waals surface area contributed by atoms with Crippen LogP contribution in [0.1, 0.15) is 48.5 Å². The zero-order valence-electron chi connectivity index (χ0n) is 23.2. The van der Waals surface area contributed by atoms with Crippen LogP contribution in [0.4, 0.5) is 5.13 Å². The number of hydrogen-bond donors (Lipinski definition) is 1. The molecule has 1 unspecified atom stereocenters. The van der Waals surface area contributed by atoms with E-state index in [0.717, 1.165) is 10.3 Å². The predicted molar refractivity (Wildman–Crippen MR) is 158 cm³/mol. The van der Waals surface area contributed by atoms with Crippen LogP contribution in [0.2, 0.25) is 0 Å². The molecule has 3 heterocycles. The number of ether oxygens (including phenoxy) is 2. The molecular weight excluding hydrogens is 540 g/mol. The van der Waals surface area contributed by atoms with Crippen LogP contribution in [0, 0.1) is 0 Å². The molecule has 9 heteroatoms. The summed E-state index contributed by atoms with van der Waals surface area (Å²) in [6.45, 7) is 6.33. The lowest BCUT2D eigenvalue weighted by atomic mass is 9.85. The second-order valence-electron chi connectivity index (χ2n) is 10.9. The summed E-state index contributed by atoms with van der Waals surface area (Å²) < 4.78 is 17.5. The number of para-hydroxylation sites is 1. The summed E-state index contributed by atoms with van der Waals surface area (Å²) in [6.07, 6.45) is 0. The van der Waals surface area contributed by atoms with E-state index in [2.05, 4.69) is 20.8 Å². The zero-order valence-corrected chi connectivity index (χ0v) is 24.0. The van der Waals surface area contributed by atoms with Crippen molar-refractivity contribution in [1.82, 2.24) is 4.98 Å². The molecule has 0 spiro atoms. The van der Waals surface area contributed by atoms with Crippen molar-refractivity contribution in [3.63, 3.8) is 0 Å². The molecule has 5 aromatic rings. The SMILES string of the molecule is COc1ccc2nc(N3C(=O)C(O)=C(C(=O)c4cc5cccc(OC)c5o4)C3c3ccc(C(C)(C)C)cc3)sc2c1. The molecule has 1 atom stereocenters. The minimum absolute atomic E-state index is 0.00829. The third kappa shape index (κ3) is 4.42. The van der Waals surface area contributed by atoms with Crippen molar-refractivity contribution in [1.29, 1.82) is 0 Å². The van der Waals surface area contributed by atoms with Gasteiger partial charge in [0.2, 0.25) is 5.78 Å². The predicted octanol–water partition coefficient (Wildman–Crippen LogP) is 7.14. The second-order valence-corrected chi connectivity index (χ2v) is 11.9. The van der Waals surface area contributed by atoms with Crippen LogP contribution in [-0.2, 0) is 10.2 Å². The van der Waals surface area contributed by atoms with Gasteiger partial charge in [-0.1, -0.05) is 68.5 Å². The maximum atomic E-state index is 14.0.